The van der Waals surface area contributed by atoms with Crippen molar-refractivity contribution >= 4 is 40.3 Å². The Morgan fingerprint density at radius 3 is 2.35 bits per heavy atom. The summed E-state index contributed by atoms with van der Waals surface area (Å²) in [5.74, 6) is -1.48. The second-order valence-corrected chi connectivity index (χ2v) is 7.47. The minimum absolute atomic E-state index is 0.558. The molecule has 2 N–H and O–H groups in total. The van der Waals surface area contributed by atoms with E-state index in [9.17, 15) is 9.59 Å². The third kappa shape index (κ3) is 6.20. The van der Waals surface area contributed by atoms with Crippen LogP contribution in [0.3, 0.4) is 0 Å². The van der Waals surface area contributed by atoms with E-state index < -0.39 is 11.9 Å². The van der Waals surface area contributed by atoms with E-state index in [4.69, 9.17) is 10.2 Å². The van der Waals surface area contributed by atoms with Gasteiger partial charge in [-0.25, -0.2) is 9.59 Å². The lowest BCUT2D eigenvalue weighted by Crippen LogP contribution is -2.45. The van der Waals surface area contributed by atoms with Crippen LogP contribution < -0.4 is 4.90 Å². The second-order valence-electron chi connectivity index (χ2n) is 6.36. The van der Waals surface area contributed by atoms with Crippen molar-refractivity contribution in [2.24, 2.45) is 0 Å². The van der Waals surface area contributed by atoms with Crippen molar-refractivity contribution in [3.8, 4) is 0 Å². The van der Waals surface area contributed by atoms with Crippen molar-refractivity contribution in [3.63, 3.8) is 0 Å². The minimum atomic E-state index is -1.26. The number of fused-ring (bicyclic) bond motifs is 2. The molecule has 2 saturated heterocycles. The van der Waals surface area contributed by atoms with Crippen molar-refractivity contribution in [1.82, 2.24) is 15.1 Å². The van der Waals surface area contributed by atoms with Crippen LogP contribution in [-0.2, 0) is 9.59 Å². The summed E-state index contributed by atoms with van der Waals surface area (Å²) in [5, 5.41) is 24.1. The number of likely N-dealkylation sites (N-methyl/N-ethyl adjacent to an activating group) is 1. The van der Waals surface area contributed by atoms with Crippen LogP contribution in [0.1, 0.15) is 25.7 Å². The van der Waals surface area contributed by atoms with Gasteiger partial charge < -0.3 is 15.1 Å². The number of anilines is 1. The normalized spacial score (nSPS) is 23.1. The Balaban J connectivity index is 0.000000260. The molecule has 0 aliphatic carbocycles. The third-order valence-corrected chi connectivity index (χ3v) is 5.28. The zero-order valence-electron chi connectivity index (χ0n) is 14.6. The monoisotopic (exact) mass is 474 g/mol. The fourth-order valence-corrected chi connectivity index (χ4v) is 3.63. The Morgan fingerprint density at radius 1 is 1.12 bits per heavy atom. The minimum Gasteiger partial charge on any atom is -0.478 e. The summed E-state index contributed by atoms with van der Waals surface area (Å²) in [7, 11) is 2.29. The molecule has 2 aliphatic rings. The first kappa shape index (κ1) is 20.6. The van der Waals surface area contributed by atoms with Crippen LogP contribution in [-0.4, -0.2) is 69.5 Å². The molecular formula is C17H23IN4O4. The highest BCUT2D eigenvalue weighted by Crippen LogP contribution is 2.28. The van der Waals surface area contributed by atoms with E-state index in [2.05, 4.69) is 55.7 Å². The molecule has 8 nitrogen and oxygen atoms in total. The zero-order valence-corrected chi connectivity index (χ0v) is 16.7. The maximum atomic E-state index is 9.55. The van der Waals surface area contributed by atoms with Gasteiger partial charge in [-0.3, -0.25) is 4.90 Å². The summed E-state index contributed by atoms with van der Waals surface area (Å²) in [5.41, 5.74) is 0. The smallest absolute Gasteiger partial charge is 0.328 e. The second kappa shape index (κ2) is 9.81. The summed E-state index contributed by atoms with van der Waals surface area (Å²) in [6, 6.07) is 5.60. The Hall–Kier alpha value is -1.75. The lowest BCUT2D eigenvalue weighted by Gasteiger charge is -2.37. The Morgan fingerprint density at radius 2 is 1.77 bits per heavy atom. The Kier molecular flexibility index (Phi) is 7.76. The fourth-order valence-electron chi connectivity index (χ4n) is 3.34. The molecule has 2 aliphatic heterocycles. The summed E-state index contributed by atoms with van der Waals surface area (Å²) < 4.78 is 0.960. The molecule has 142 valence electrons. The van der Waals surface area contributed by atoms with Gasteiger partial charge in [-0.15, -0.1) is 10.2 Å². The highest BCUT2D eigenvalue weighted by Gasteiger charge is 2.32. The van der Waals surface area contributed by atoms with Crippen LogP contribution in [0.15, 0.2) is 24.3 Å². The van der Waals surface area contributed by atoms with Gasteiger partial charge in [0, 0.05) is 37.3 Å². The molecular weight excluding hydrogens is 451 g/mol. The van der Waals surface area contributed by atoms with Crippen LogP contribution in [0, 0.1) is 3.70 Å². The topological polar surface area (TPSA) is 107 Å². The number of aliphatic carboxylic acids is 2. The summed E-state index contributed by atoms with van der Waals surface area (Å²) in [4.78, 5) is 24.1. The molecule has 0 spiro atoms. The molecule has 2 atom stereocenters. The van der Waals surface area contributed by atoms with Gasteiger partial charge in [-0.1, -0.05) is 6.42 Å². The van der Waals surface area contributed by atoms with E-state index >= 15 is 0 Å². The molecule has 0 saturated carbocycles. The largest absolute Gasteiger partial charge is 0.478 e. The van der Waals surface area contributed by atoms with E-state index in [0.29, 0.717) is 18.2 Å². The maximum Gasteiger partial charge on any atom is 0.328 e. The number of nitrogens with zero attached hydrogens (tertiary/aromatic N) is 4. The number of carbonyl (C=O) groups is 2. The molecule has 3 rings (SSSR count). The quantitative estimate of drug-likeness (QED) is 0.505. The number of hydrogen-bond acceptors (Lipinski definition) is 6. The standard InChI is InChI=1S/C13H19IN4.C4H4O4/c1-17-10-3-2-4-11(17)9-18(8-7-10)13-6-5-12(14)15-16-13;5-3(6)1-2-4(7)8/h5-6,10-11H,2-4,7-9H2,1H3;1-2H,(H,5,6)(H,7,8)/b;2-1+. The lowest BCUT2D eigenvalue weighted by atomic mass is 9.96. The predicted molar refractivity (Wildman–Crippen MR) is 105 cm³/mol. The molecule has 26 heavy (non-hydrogen) atoms. The maximum absolute atomic E-state index is 9.55. The highest BCUT2D eigenvalue weighted by molar-refractivity contribution is 14.1. The third-order valence-electron chi connectivity index (χ3n) is 4.70. The predicted octanol–water partition coefficient (Wildman–Crippen LogP) is 1.86. The SMILES string of the molecule is CN1C2CCCC1CN(c1ccc(I)nn1)CC2.O=C(O)/C=C/C(=O)O. The van der Waals surface area contributed by atoms with Crippen molar-refractivity contribution in [1.29, 1.82) is 0 Å². The molecule has 1 aromatic heterocycles. The average molecular weight is 474 g/mol. The average Bonchev–Trinajstić information content (AvgIpc) is 2.69. The number of carboxylic acid groups (broad SMARTS) is 2. The van der Waals surface area contributed by atoms with E-state index in [-0.39, 0.29) is 0 Å². The number of rotatable bonds is 3. The molecule has 2 fully saturated rings. The van der Waals surface area contributed by atoms with Gasteiger partial charge in [0.05, 0.1) is 0 Å². The van der Waals surface area contributed by atoms with Crippen molar-refractivity contribution in [2.75, 3.05) is 25.0 Å². The lowest BCUT2D eigenvalue weighted by molar-refractivity contribution is -0.134. The van der Waals surface area contributed by atoms with Gasteiger partial charge in [-0.2, -0.15) is 0 Å². The highest BCUT2D eigenvalue weighted by atomic mass is 127. The summed E-state index contributed by atoms with van der Waals surface area (Å²) in [6.07, 6.45) is 6.43. The Bertz CT molecular complexity index is 637. The molecule has 2 bridgehead atoms. The van der Waals surface area contributed by atoms with E-state index in [1.807, 2.05) is 6.07 Å². The molecule has 0 aromatic carbocycles. The Labute approximate surface area is 166 Å². The van der Waals surface area contributed by atoms with E-state index in [1.54, 1.807) is 0 Å². The number of aromatic nitrogens is 2. The number of halogens is 1. The van der Waals surface area contributed by atoms with Crippen molar-refractivity contribution in [3.05, 3.63) is 28.0 Å². The molecule has 0 radical (unpaired) electrons. The fraction of sp³-hybridized carbons (Fsp3) is 0.529. The molecule has 1 aromatic rings. The first-order chi connectivity index (χ1) is 12.4. The summed E-state index contributed by atoms with van der Waals surface area (Å²) >= 11 is 2.20. The van der Waals surface area contributed by atoms with Crippen LogP contribution in [0.2, 0.25) is 0 Å². The van der Waals surface area contributed by atoms with Gasteiger partial charge in [0.15, 0.2) is 5.82 Å². The molecule has 0 amide bonds. The van der Waals surface area contributed by atoms with Gasteiger partial charge >= 0.3 is 11.9 Å². The van der Waals surface area contributed by atoms with E-state index in [0.717, 1.165) is 28.6 Å². The van der Waals surface area contributed by atoms with E-state index in [1.165, 1.54) is 25.7 Å². The summed E-state index contributed by atoms with van der Waals surface area (Å²) in [6.45, 7) is 2.21. The van der Waals surface area contributed by atoms with Gasteiger partial charge in [0.2, 0.25) is 0 Å². The first-order valence-corrected chi connectivity index (χ1v) is 9.54. The first-order valence-electron chi connectivity index (χ1n) is 8.47. The number of hydrogen-bond donors (Lipinski definition) is 2. The van der Waals surface area contributed by atoms with Crippen LogP contribution in [0.25, 0.3) is 0 Å². The van der Waals surface area contributed by atoms with Crippen LogP contribution in [0.5, 0.6) is 0 Å². The van der Waals surface area contributed by atoms with Crippen LogP contribution >= 0.6 is 22.6 Å². The number of carboxylic acids is 2. The number of piperidine rings is 1. The van der Waals surface area contributed by atoms with Crippen molar-refractivity contribution < 1.29 is 19.8 Å². The molecule has 3 heterocycles. The van der Waals surface area contributed by atoms with Crippen LogP contribution in [0.4, 0.5) is 5.82 Å². The van der Waals surface area contributed by atoms with Crippen molar-refractivity contribution in [2.45, 2.75) is 37.8 Å². The van der Waals surface area contributed by atoms with Gasteiger partial charge in [0.1, 0.15) is 3.70 Å². The molecule has 2 unspecified atom stereocenters. The zero-order chi connectivity index (χ0) is 19.1. The van der Waals surface area contributed by atoms with Gasteiger partial charge in [-0.05, 0) is 61.0 Å². The van der Waals surface area contributed by atoms with Gasteiger partial charge in [0.25, 0.3) is 0 Å². The molecule has 9 heteroatoms.